The van der Waals surface area contributed by atoms with Crippen molar-refractivity contribution >= 4 is 5.82 Å². The number of likely N-dealkylation sites (N-methyl/N-ethyl adjacent to an activating group) is 1. The van der Waals surface area contributed by atoms with Gasteiger partial charge >= 0.3 is 0 Å². The quantitative estimate of drug-likeness (QED) is 0.118. The second-order valence-corrected chi connectivity index (χ2v) is 9.78. The summed E-state index contributed by atoms with van der Waals surface area (Å²) in [6, 6.07) is 5.83. The third-order valence-corrected chi connectivity index (χ3v) is 5.90. The van der Waals surface area contributed by atoms with Crippen molar-refractivity contribution in [3.05, 3.63) is 24.4 Å². The highest BCUT2D eigenvalue weighted by molar-refractivity contribution is 5.32. The Bertz CT molecular complexity index is 513. The first-order chi connectivity index (χ1) is 20.5. The molecule has 0 saturated carbocycles. The molecule has 254 valence electrons. The van der Waals surface area contributed by atoms with E-state index in [1.807, 2.05) is 53.4 Å². The summed E-state index contributed by atoms with van der Waals surface area (Å²) >= 11 is 0. The molecule has 2 heterocycles. The van der Waals surface area contributed by atoms with E-state index < -0.39 is 0 Å². The number of pyridine rings is 1. The highest BCUT2D eigenvalue weighted by Crippen LogP contribution is 2.06. The van der Waals surface area contributed by atoms with Crippen LogP contribution in [0.25, 0.3) is 0 Å². The Morgan fingerprint density at radius 2 is 1.38 bits per heavy atom. The summed E-state index contributed by atoms with van der Waals surface area (Å²) in [5.74, 6) is 0.933. The monoisotopic (exact) mass is 601 g/mol. The number of unbranched alkanes of at least 4 members (excludes halogenated alkanes) is 2. The highest BCUT2D eigenvalue weighted by Gasteiger charge is 2.07. The van der Waals surface area contributed by atoms with Crippen LogP contribution in [0, 0.1) is 0 Å². The number of anilines is 1. The Morgan fingerprint density at radius 1 is 0.762 bits per heavy atom. The summed E-state index contributed by atoms with van der Waals surface area (Å²) in [5.41, 5.74) is 5.36. The summed E-state index contributed by atoms with van der Waals surface area (Å²) in [7, 11) is 9.77. The van der Waals surface area contributed by atoms with E-state index in [4.69, 9.17) is 5.73 Å². The molecule has 1 aliphatic heterocycles. The van der Waals surface area contributed by atoms with Crippen molar-refractivity contribution in [1.82, 2.24) is 41.4 Å². The molecule has 0 amide bonds. The fraction of sp³-hybridized carbons (Fsp3) is 0.844. The number of nitrogens with one attached hydrogen (secondary N) is 6. The van der Waals surface area contributed by atoms with Crippen molar-refractivity contribution in [3.63, 3.8) is 0 Å². The Labute approximate surface area is 263 Å². The molecule has 0 unspecified atom stereocenters. The fourth-order valence-electron chi connectivity index (χ4n) is 3.01. The van der Waals surface area contributed by atoms with Crippen LogP contribution in [0.4, 0.5) is 5.82 Å². The van der Waals surface area contributed by atoms with Crippen molar-refractivity contribution in [2.75, 3.05) is 106 Å². The molecule has 2 rings (SSSR count). The van der Waals surface area contributed by atoms with E-state index >= 15 is 0 Å². The van der Waals surface area contributed by atoms with Crippen LogP contribution < -0.4 is 37.6 Å². The van der Waals surface area contributed by atoms with Crippen LogP contribution in [0.15, 0.2) is 24.4 Å². The van der Waals surface area contributed by atoms with Gasteiger partial charge in [-0.05, 0) is 99.4 Å². The molecular formula is C32H76N10. The van der Waals surface area contributed by atoms with Gasteiger partial charge < -0.3 is 37.6 Å². The number of nitrogens with zero attached hydrogens (tertiary/aromatic N) is 3. The van der Waals surface area contributed by atoms with Crippen LogP contribution >= 0.6 is 0 Å². The first-order valence-corrected chi connectivity index (χ1v) is 16.5. The maximum Gasteiger partial charge on any atom is 0.125 e. The molecule has 0 atom stereocenters. The number of rotatable bonds is 15. The average molecular weight is 601 g/mol. The number of piperidine rings is 1. The first kappa shape index (κ1) is 47.6. The van der Waals surface area contributed by atoms with Gasteiger partial charge in [-0.2, -0.15) is 0 Å². The first-order valence-electron chi connectivity index (χ1n) is 16.5. The highest BCUT2D eigenvalue weighted by atomic mass is 15.2. The van der Waals surface area contributed by atoms with Gasteiger partial charge in [-0.1, -0.05) is 66.4 Å². The predicted octanol–water partition coefficient (Wildman–Crippen LogP) is 3.80. The number of hydrogen-bond acceptors (Lipinski definition) is 10. The van der Waals surface area contributed by atoms with Gasteiger partial charge in [0.2, 0.25) is 0 Å². The molecule has 0 spiro atoms. The Hall–Kier alpha value is -1.37. The minimum Gasteiger partial charge on any atom is -0.369 e. The molecule has 0 radical (unpaired) electrons. The molecule has 1 fully saturated rings. The predicted molar refractivity (Wildman–Crippen MR) is 190 cm³/mol. The number of aromatic nitrogens is 1. The third kappa shape index (κ3) is 45.6. The van der Waals surface area contributed by atoms with E-state index in [0.717, 1.165) is 51.9 Å². The van der Waals surface area contributed by atoms with E-state index in [1.165, 1.54) is 58.0 Å². The molecule has 1 saturated heterocycles. The summed E-state index contributed by atoms with van der Waals surface area (Å²) in [4.78, 5) is 8.67. The van der Waals surface area contributed by atoms with Crippen molar-refractivity contribution in [2.24, 2.45) is 5.73 Å². The SMILES string of the molecule is CCCC.CCCCNC.CCN(CN)CNC.CCNC.CNCCNc1ccccn1.CNCN1CCCCC1. The molecule has 8 N–H and O–H groups in total. The molecule has 1 aromatic rings. The molecule has 0 aliphatic carbocycles. The van der Waals surface area contributed by atoms with Gasteiger partial charge in [0, 0.05) is 39.3 Å². The molecule has 0 aromatic carbocycles. The lowest BCUT2D eigenvalue weighted by atomic mass is 10.1. The Balaban J connectivity index is -0.000000215. The molecule has 0 bridgehead atoms. The lowest BCUT2D eigenvalue weighted by Gasteiger charge is -2.25. The fourth-order valence-corrected chi connectivity index (χ4v) is 3.01. The summed E-state index contributed by atoms with van der Waals surface area (Å²) in [6.45, 7) is 21.0. The molecule has 10 heteroatoms. The Morgan fingerprint density at radius 3 is 1.71 bits per heavy atom. The average Bonchev–Trinajstić information content (AvgIpc) is 3.05. The molecule has 42 heavy (non-hydrogen) atoms. The van der Waals surface area contributed by atoms with Crippen LogP contribution in [0.2, 0.25) is 0 Å². The molecular weight excluding hydrogens is 524 g/mol. The van der Waals surface area contributed by atoms with Gasteiger partial charge in [0.05, 0.1) is 0 Å². The van der Waals surface area contributed by atoms with Gasteiger partial charge in [-0.3, -0.25) is 9.80 Å². The lowest BCUT2D eigenvalue weighted by Crippen LogP contribution is -2.36. The van der Waals surface area contributed by atoms with Crippen molar-refractivity contribution in [2.45, 2.75) is 79.6 Å². The van der Waals surface area contributed by atoms with Crippen LogP contribution in [0.5, 0.6) is 0 Å². The van der Waals surface area contributed by atoms with Gasteiger partial charge in [-0.25, -0.2) is 4.98 Å². The van der Waals surface area contributed by atoms with Gasteiger partial charge in [-0.15, -0.1) is 0 Å². The minimum absolute atomic E-state index is 0.636. The normalized spacial score (nSPS) is 12.0. The zero-order valence-corrected chi connectivity index (χ0v) is 29.7. The zero-order chi connectivity index (χ0) is 32.5. The lowest BCUT2D eigenvalue weighted by molar-refractivity contribution is 0.218. The van der Waals surface area contributed by atoms with Crippen LogP contribution in [-0.2, 0) is 0 Å². The molecule has 10 nitrogen and oxygen atoms in total. The van der Waals surface area contributed by atoms with Gasteiger partial charge in [0.15, 0.2) is 0 Å². The minimum atomic E-state index is 0.636. The third-order valence-electron chi connectivity index (χ3n) is 5.90. The van der Waals surface area contributed by atoms with Crippen LogP contribution in [0.3, 0.4) is 0 Å². The maximum absolute atomic E-state index is 5.36. The second-order valence-electron chi connectivity index (χ2n) is 9.78. The van der Waals surface area contributed by atoms with Crippen molar-refractivity contribution in [1.29, 1.82) is 0 Å². The maximum atomic E-state index is 5.36. The largest absolute Gasteiger partial charge is 0.369 e. The summed E-state index contributed by atoms with van der Waals surface area (Å²) in [6.07, 6.45) is 11.2. The van der Waals surface area contributed by atoms with E-state index in [1.54, 1.807) is 6.20 Å². The van der Waals surface area contributed by atoms with Crippen LogP contribution in [-0.4, -0.2) is 116 Å². The molecule has 1 aliphatic rings. The standard InChI is InChI=1S/C8H13N3.C7H16N2.C5H15N3.C5H13N.C4H10.C3H9N/c1-9-6-7-11-8-4-2-3-5-10-8;1-8-7-9-5-3-2-4-6-9;1-3-8(4-6)5-7-2;1-3-4-5-6-2;2*1-3-4-2/h2-5,9H,6-7H2,1H3,(H,10,11);8H,2-7H2,1H3;7H,3-6H2,1-2H3;6H,3-5H2,1-2H3;3-4H2,1-2H3;4H,3H2,1-2H3. The van der Waals surface area contributed by atoms with Crippen molar-refractivity contribution in [3.8, 4) is 0 Å². The van der Waals surface area contributed by atoms with E-state index in [-0.39, 0.29) is 0 Å². The van der Waals surface area contributed by atoms with E-state index in [9.17, 15) is 0 Å². The summed E-state index contributed by atoms with van der Waals surface area (Å²) < 4.78 is 0. The zero-order valence-electron chi connectivity index (χ0n) is 29.7. The second kappa shape index (κ2) is 46.6. The number of nitrogens with two attached hydrogens (primary N) is 1. The van der Waals surface area contributed by atoms with Gasteiger partial charge in [0.25, 0.3) is 0 Å². The van der Waals surface area contributed by atoms with Crippen LogP contribution in [0.1, 0.15) is 79.6 Å². The Kier molecular flexibility index (Phi) is 52.7. The number of hydrogen-bond donors (Lipinski definition) is 7. The van der Waals surface area contributed by atoms with Gasteiger partial charge in [0.1, 0.15) is 5.82 Å². The topological polar surface area (TPSA) is 118 Å². The van der Waals surface area contributed by atoms with E-state index in [0.29, 0.717) is 6.67 Å². The molecule has 1 aromatic heterocycles. The number of likely N-dealkylation sites (tertiary alicyclic amines) is 1. The van der Waals surface area contributed by atoms with Crippen molar-refractivity contribution < 1.29 is 0 Å². The summed E-state index contributed by atoms with van der Waals surface area (Å²) in [5, 5.41) is 18.4. The smallest absolute Gasteiger partial charge is 0.125 e. The van der Waals surface area contributed by atoms with E-state index in [2.05, 4.69) is 81.3 Å².